The molecule has 0 aromatic heterocycles. The molecule has 0 amide bonds. The molecule has 0 heterocycles. The summed E-state index contributed by atoms with van der Waals surface area (Å²) >= 11 is -0.845. The quantitative estimate of drug-likeness (QED) is 0.582. The molecule has 0 saturated carbocycles. The van der Waals surface area contributed by atoms with Crippen molar-refractivity contribution in [3.05, 3.63) is 116 Å². The van der Waals surface area contributed by atoms with Crippen LogP contribution in [-0.4, -0.2) is 3.21 Å². The van der Waals surface area contributed by atoms with Crippen LogP contribution < -0.4 is 24.8 Å². The minimum absolute atomic E-state index is 0. The van der Waals surface area contributed by atoms with Gasteiger partial charge in [-0.05, 0) is 0 Å². The third-order valence-electron chi connectivity index (χ3n) is 4.89. The van der Waals surface area contributed by atoms with Gasteiger partial charge in [0.15, 0.2) is 0 Å². The fourth-order valence-electron chi connectivity index (χ4n) is 3.51. The first-order valence-corrected chi connectivity index (χ1v) is 11.3. The molecule has 135 valence electrons. The molecule has 0 radical (unpaired) electrons. The van der Waals surface area contributed by atoms with Crippen molar-refractivity contribution < 1.29 is 47.6 Å². The summed E-state index contributed by atoms with van der Waals surface area (Å²) in [6.45, 7) is 2.34. The molecule has 0 saturated heterocycles. The molecule has 0 nitrogen and oxygen atoms in total. The zero-order valence-corrected chi connectivity index (χ0v) is 19.2. The van der Waals surface area contributed by atoms with Gasteiger partial charge in [0, 0.05) is 0 Å². The van der Waals surface area contributed by atoms with Crippen molar-refractivity contribution in [3.63, 3.8) is 0 Å². The Morgan fingerprint density at radius 3 is 1.93 bits per heavy atom. The van der Waals surface area contributed by atoms with E-state index >= 15 is 0 Å². The van der Waals surface area contributed by atoms with E-state index in [0.717, 1.165) is 12.8 Å². The Kier molecular flexibility index (Phi) is 8.42. The molecule has 0 fully saturated rings. The van der Waals surface area contributed by atoms with Gasteiger partial charge in [-0.2, -0.15) is 0 Å². The maximum absolute atomic E-state index is 2.46. The summed E-state index contributed by atoms with van der Waals surface area (Å²) in [5, 5.41) is 0. The molecule has 0 unspecified atom stereocenters. The number of hydrogen-bond acceptors (Lipinski definition) is 0. The zero-order valence-electron chi connectivity index (χ0n) is 15.3. The Hall–Kier alpha value is -1.27. The first-order valence-electron chi connectivity index (χ1n) is 8.84. The van der Waals surface area contributed by atoms with Crippen LogP contribution in [0.1, 0.15) is 30.9 Å². The Morgan fingerprint density at radius 1 is 0.815 bits per heavy atom. The number of halogens is 2. The Balaban J connectivity index is 0.00000131. The fraction of sp³-hybridized carbons (Fsp3) is 0.125. The van der Waals surface area contributed by atoms with Gasteiger partial charge in [0.2, 0.25) is 0 Å². The third kappa shape index (κ3) is 4.97. The molecule has 0 bridgehead atoms. The van der Waals surface area contributed by atoms with Crippen LogP contribution in [0, 0.1) is 0 Å². The minimum Gasteiger partial charge on any atom is -1.00 e. The van der Waals surface area contributed by atoms with Gasteiger partial charge in [-0.1, -0.05) is 0 Å². The Labute approximate surface area is 185 Å². The minimum atomic E-state index is -0.845. The van der Waals surface area contributed by atoms with Crippen LogP contribution >= 0.6 is 0 Å². The monoisotopic (exact) mass is 469 g/mol. The summed E-state index contributed by atoms with van der Waals surface area (Å²) in [5.74, 6) is 0. The maximum Gasteiger partial charge on any atom is -1.00 e. The topological polar surface area (TPSA) is 0 Å². The molecule has 0 aliphatic heterocycles. The van der Waals surface area contributed by atoms with Crippen LogP contribution in [0.4, 0.5) is 0 Å². The largest absolute Gasteiger partial charge is 1.00 e. The second kappa shape index (κ2) is 10.3. The van der Waals surface area contributed by atoms with E-state index in [-0.39, 0.29) is 24.8 Å². The molecule has 2 aromatic rings. The van der Waals surface area contributed by atoms with Gasteiger partial charge in [0.05, 0.1) is 0 Å². The standard InChI is InChI=1S/C13H10.C11H11.2ClH.Zr/c1-3-7-12(8-4-1)11-13-9-5-2-6-10-13;1-9-5-4-8-11(9)10-6-2-3-7-10;;;/h1-10H;2-3,6,8H,4,7H2,1H3;2*1H;/q;;;;+2/p-2. The predicted molar refractivity (Wildman–Crippen MR) is 103 cm³/mol. The van der Waals surface area contributed by atoms with Crippen LogP contribution in [0.25, 0.3) is 0 Å². The summed E-state index contributed by atoms with van der Waals surface area (Å²) in [5.41, 5.74) is 7.34. The fourth-order valence-corrected chi connectivity index (χ4v) is 7.07. The first-order chi connectivity index (χ1) is 12.3. The summed E-state index contributed by atoms with van der Waals surface area (Å²) < 4.78 is 3.31. The molecule has 4 rings (SSSR count). The Bertz CT molecular complexity index is 891. The molecular formula is C24H21Cl2Zr. The Morgan fingerprint density at radius 2 is 1.41 bits per heavy atom. The molecule has 2 aromatic carbocycles. The summed E-state index contributed by atoms with van der Waals surface area (Å²) in [6, 6.07) is 21.9. The summed E-state index contributed by atoms with van der Waals surface area (Å²) in [6.07, 6.45) is 11.4. The summed E-state index contributed by atoms with van der Waals surface area (Å²) in [7, 11) is 0. The van der Waals surface area contributed by atoms with Gasteiger partial charge in [-0.25, -0.2) is 0 Å². The van der Waals surface area contributed by atoms with E-state index in [1.807, 2.05) is 0 Å². The molecule has 0 spiro atoms. The van der Waals surface area contributed by atoms with Crippen molar-refractivity contribution in [2.45, 2.75) is 19.8 Å². The smallest absolute Gasteiger partial charge is 1.00 e. The first kappa shape index (κ1) is 22.0. The normalized spacial score (nSPS) is 14.7. The molecule has 2 aliphatic rings. The van der Waals surface area contributed by atoms with Gasteiger partial charge < -0.3 is 24.8 Å². The van der Waals surface area contributed by atoms with Crippen LogP contribution in [-0.2, 0) is 22.8 Å². The SMILES string of the molecule is CC1=[C]([Zr+2]=[C](c2ccccc2)c2ccccc2)CC=C1C1=CC=CC1.[Cl-].[Cl-]. The van der Waals surface area contributed by atoms with Crippen molar-refractivity contribution in [1.29, 1.82) is 0 Å². The van der Waals surface area contributed by atoms with Gasteiger partial charge in [0.1, 0.15) is 0 Å². The average Bonchev–Trinajstić information content (AvgIpc) is 3.31. The number of hydrogen-bond donors (Lipinski definition) is 0. The van der Waals surface area contributed by atoms with Crippen LogP contribution in [0.15, 0.2) is 105 Å². The van der Waals surface area contributed by atoms with Crippen molar-refractivity contribution in [2.24, 2.45) is 0 Å². The van der Waals surface area contributed by atoms with E-state index in [0.29, 0.717) is 0 Å². The number of allylic oxidation sites excluding steroid dienone is 8. The molecule has 0 atom stereocenters. The number of benzene rings is 2. The van der Waals surface area contributed by atoms with E-state index in [2.05, 4.69) is 91.9 Å². The number of rotatable bonds is 4. The van der Waals surface area contributed by atoms with E-state index in [9.17, 15) is 0 Å². The van der Waals surface area contributed by atoms with Gasteiger partial charge >= 0.3 is 162 Å². The van der Waals surface area contributed by atoms with Gasteiger partial charge in [-0.3, -0.25) is 0 Å². The van der Waals surface area contributed by atoms with Crippen LogP contribution in [0.5, 0.6) is 0 Å². The van der Waals surface area contributed by atoms with Crippen LogP contribution in [0.3, 0.4) is 0 Å². The van der Waals surface area contributed by atoms with Gasteiger partial charge in [0.25, 0.3) is 0 Å². The van der Waals surface area contributed by atoms with E-state index in [1.54, 1.807) is 12.1 Å². The second-order valence-corrected chi connectivity index (χ2v) is 9.81. The van der Waals surface area contributed by atoms with Crippen molar-refractivity contribution in [2.75, 3.05) is 0 Å². The van der Waals surface area contributed by atoms with E-state index < -0.39 is 22.8 Å². The van der Waals surface area contributed by atoms with E-state index in [1.165, 1.54) is 22.3 Å². The van der Waals surface area contributed by atoms with Crippen molar-refractivity contribution >= 4 is 3.21 Å². The molecule has 27 heavy (non-hydrogen) atoms. The van der Waals surface area contributed by atoms with Gasteiger partial charge in [-0.15, -0.1) is 0 Å². The molecule has 3 heteroatoms. The summed E-state index contributed by atoms with van der Waals surface area (Å²) in [4.78, 5) is 0. The van der Waals surface area contributed by atoms with Crippen molar-refractivity contribution in [1.82, 2.24) is 0 Å². The van der Waals surface area contributed by atoms with Crippen molar-refractivity contribution in [3.8, 4) is 0 Å². The second-order valence-electron chi connectivity index (χ2n) is 6.48. The average molecular weight is 472 g/mol. The zero-order chi connectivity index (χ0) is 17.1. The molecule has 0 N–H and O–H groups in total. The van der Waals surface area contributed by atoms with E-state index in [4.69, 9.17) is 0 Å². The maximum atomic E-state index is 2.46. The predicted octanol–water partition coefficient (Wildman–Crippen LogP) is -0.164. The molecular weight excluding hydrogens is 450 g/mol. The van der Waals surface area contributed by atoms with Crippen LogP contribution in [0.2, 0.25) is 0 Å². The third-order valence-corrected chi connectivity index (χ3v) is 9.08. The molecule has 2 aliphatic carbocycles.